The number of hydrogen-bond donors (Lipinski definition) is 4. The first kappa shape index (κ1) is 20.7. The second-order valence-corrected chi connectivity index (χ2v) is 8.29. The Labute approximate surface area is 173 Å². The number of carbonyl (C=O) groups excluding carboxylic acids is 1. The Bertz CT molecular complexity index is 1010. The maximum atomic E-state index is 11.9. The van der Waals surface area contributed by atoms with Crippen molar-refractivity contribution in [1.29, 1.82) is 0 Å². The van der Waals surface area contributed by atoms with Crippen LogP contribution in [0.25, 0.3) is 0 Å². The number of aromatic hydroxyl groups is 1. The molecule has 0 bridgehead atoms. The smallest absolute Gasteiger partial charge is 0.254 e. The Morgan fingerprint density at radius 3 is 2.52 bits per heavy atom. The fourth-order valence-electron chi connectivity index (χ4n) is 2.91. The van der Waals surface area contributed by atoms with E-state index in [0.29, 0.717) is 17.3 Å². The van der Waals surface area contributed by atoms with Crippen LogP contribution in [-0.4, -0.2) is 26.8 Å². The number of furan rings is 1. The fraction of sp³-hybridized carbons (Fsp3) is 0.350. The van der Waals surface area contributed by atoms with Crippen molar-refractivity contribution < 1.29 is 14.3 Å². The highest BCUT2D eigenvalue weighted by Crippen LogP contribution is 2.39. The minimum atomic E-state index is -0.373. The molecule has 0 spiro atoms. The molecule has 1 amide bonds. The van der Waals surface area contributed by atoms with Crippen LogP contribution in [0.5, 0.6) is 5.75 Å². The molecular formula is C20H25N5O3S. The van der Waals surface area contributed by atoms with Gasteiger partial charge < -0.3 is 25.5 Å². The molecule has 154 valence electrons. The van der Waals surface area contributed by atoms with Gasteiger partial charge in [-0.15, -0.1) is 0 Å². The highest BCUT2D eigenvalue weighted by Gasteiger charge is 2.30. The molecule has 0 aliphatic rings. The normalized spacial score (nSPS) is 12.4. The van der Waals surface area contributed by atoms with E-state index < -0.39 is 0 Å². The van der Waals surface area contributed by atoms with Crippen molar-refractivity contribution in [2.75, 3.05) is 17.7 Å². The number of carbonyl (C=O) groups is 1. The van der Waals surface area contributed by atoms with Crippen molar-refractivity contribution in [2.24, 2.45) is 5.41 Å². The summed E-state index contributed by atoms with van der Waals surface area (Å²) in [6.07, 6.45) is 0. The topological polar surface area (TPSA) is 112 Å². The van der Waals surface area contributed by atoms with Gasteiger partial charge in [-0.3, -0.25) is 4.79 Å². The summed E-state index contributed by atoms with van der Waals surface area (Å²) in [6.45, 7) is 8.22. The molecule has 0 saturated heterocycles. The number of amides is 1. The van der Waals surface area contributed by atoms with E-state index in [1.807, 2.05) is 19.1 Å². The van der Waals surface area contributed by atoms with Gasteiger partial charge in [0.25, 0.3) is 5.91 Å². The molecule has 0 saturated carbocycles. The lowest BCUT2D eigenvalue weighted by atomic mass is 9.85. The quantitative estimate of drug-likeness (QED) is 0.440. The first-order valence-corrected chi connectivity index (χ1v) is 9.90. The van der Waals surface area contributed by atoms with E-state index in [2.05, 4.69) is 45.5 Å². The van der Waals surface area contributed by atoms with Crippen molar-refractivity contribution in [2.45, 2.75) is 33.7 Å². The van der Waals surface area contributed by atoms with Gasteiger partial charge in [0.1, 0.15) is 11.5 Å². The molecule has 3 rings (SSSR count). The number of aryl methyl sites for hydroxylation is 1. The number of phenols is 1. The number of benzene rings is 1. The summed E-state index contributed by atoms with van der Waals surface area (Å²) in [5.41, 5.74) is 0.378. The van der Waals surface area contributed by atoms with Crippen LogP contribution in [0, 0.1) is 12.3 Å². The number of hydrogen-bond acceptors (Lipinski definition) is 8. The molecule has 4 N–H and O–H groups in total. The van der Waals surface area contributed by atoms with E-state index in [-0.39, 0.29) is 28.7 Å². The number of nitrogens with one attached hydrogen (secondary N) is 3. The van der Waals surface area contributed by atoms with Gasteiger partial charge in [0.2, 0.25) is 0 Å². The molecule has 0 aliphatic carbocycles. The van der Waals surface area contributed by atoms with Gasteiger partial charge in [-0.1, -0.05) is 26.8 Å². The largest absolute Gasteiger partial charge is 0.505 e. The molecule has 1 aromatic carbocycles. The Kier molecular flexibility index (Phi) is 5.78. The Morgan fingerprint density at radius 2 is 1.90 bits per heavy atom. The lowest BCUT2D eigenvalue weighted by Crippen LogP contribution is -2.25. The summed E-state index contributed by atoms with van der Waals surface area (Å²) >= 11 is 1.04. The standard InChI is InChI=1S/C20H25N5O3S/c1-11-9-10-14(28-11)16(20(2,3)4)23-18-17(24-29-25-18)22-13-8-6-7-12(15(13)26)19(27)21-5/h6-10,16,26H,1-5H3,(H,21,27)(H,22,24)(H,23,25)/t16-/m0/s1. The van der Waals surface area contributed by atoms with Gasteiger partial charge in [-0.05, 0) is 36.6 Å². The van der Waals surface area contributed by atoms with E-state index >= 15 is 0 Å². The summed E-state index contributed by atoms with van der Waals surface area (Å²) in [6, 6.07) is 8.63. The molecule has 29 heavy (non-hydrogen) atoms. The third-order valence-corrected chi connectivity index (χ3v) is 4.97. The van der Waals surface area contributed by atoms with Crippen molar-refractivity contribution in [3.05, 3.63) is 47.4 Å². The van der Waals surface area contributed by atoms with Gasteiger partial charge in [0, 0.05) is 7.05 Å². The van der Waals surface area contributed by atoms with Crippen molar-refractivity contribution >= 4 is 35.0 Å². The number of phenolic OH excluding ortho intramolecular Hbond substituents is 1. The van der Waals surface area contributed by atoms with Crippen LogP contribution >= 0.6 is 11.7 Å². The van der Waals surface area contributed by atoms with Crippen molar-refractivity contribution in [3.8, 4) is 5.75 Å². The van der Waals surface area contributed by atoms with Gasteiger partial charge in [0.15, 0.2) is 17.4 Å². The zero-order valence-corrected chi connectivity index (χ0v) is 17.8. The fourth-order valence-corrected chi connectivity index (χ4v) is 3.39. The van der Waals surface area contributed by atoms with Crippen LogP contribution in [-0.2, 0) is 0 Å². The average molecular weight is 416 g/mol. The third-order valence-electron chi connectivity index (χ3n) is 4.44. The lowest BCUT2D eigenvalue weighted by Gasteiger charge is -2.30. The number of aromatic nitrogens is 2. The van der Waals surface area contributed by atoms with Crippen LogP contribution in [0.4, 0.5) is 17.3 Å². The minimum Gasteiger partial charge on any atom is -0.505 e. The monoisotopic (exact) mass is 415 g/mol. The molecule has 0 aliphatic heterocycles. The second kappa shape index (κ2) is 8.12. The van der Waals surface area contributed by atoms with Crippen LogP contribution < -0.4 is 16.0 Å². The maximum absolute atomic E-state index is 11.9. The zero-order chi connectivity index (χ0) is 21.2. The van der Waals surface area contributed by atoms with Crippen LogP contribution in [0.3, 0.4) is 0 Å². The van der Waals surface area contributed by atoms with Crippen LogP contribution in [0.15, 0.2) is 34.7 Å². The van der Waals surface area contributed by atoms with Gasteiger partial charge in [-0.2, -0.15) is 8.75 Å². The van der Waals surface area contributed by atoms with E-state index in [1.165, 1.54) is 7.05 Å². The molecular weight excluding hydrogens is 390 g/mol. The van der Waals surface area contributed by atoms with Crippen LogP contribution in [0.2, 0.25) is 0 Å². The molecule has 9 heteroatoms. The minimum absolute atomic E-state index is 0.147. The molecule has 8 nitrogen and oxygen atoms in total. The molecule has 2 aromatic heterocycles. The first-order chi connectivity index (χ1) is 13.7. The maximum Gasteiger partial charge on any atom is 0.254 e. The molecule has 3 aromatic rings. The third kappa shape index (κ3) is 4.51. The second-order valence-electron chi connectivity index (χ2n) is 7.76. The number of para-hydroxylation sites is 1. The highest BCUT2D eigenvalue weighted by atomic mass is 32.1. The van der Waals surface area contributed by atoms with E-state index in [1.54, 1.807) is 18.2 Å². The average Bonchev–Trinajstić information content (AvgIpc) is 3.28. The summed E-state index contributed by atoms with van der Waals surface area (Å²) in [5, 5.41) is 19.4. The number of anilines is 3. The molecule has 0 unspecified atom stereocenters. The van der Waals surface area contributed by atoms with Crippen LogP contribution in [0.1, 0.15) is 48.7 Å². The Hall–Kier alpha value is -3.07. The number of rotatable bonds is 6. The van der Waals surface area contributed by atoms with Crippen molar-refractivity contribution in [3.63, 3.8) is 0 Å². The molecule has 2 heterocycles. The lowest BCUT2D eigenvalue weighted by molar-refractivity contribution is 0.0960. The predicted octanol–water partition coefficient (Wildman–Crippen LogP) is 4.45. The van der Waals surface area contributed by atoms with E-state index in [0.717, 1.165) is 23.2 Å². The zero-order valence-electron chi connectivity index (χ0n) is 17.0. The Balaban J connectivity index is 1.89. The summed E-state index contributed by atoms with van der Waals surface area (Å²) in [4.78, 5) is 11.9. The molecule has 0 fully saturated rings. The van der Waals surface area contributed by atoms with Crippen molar-refractivity contribution in [1.82, 2.24) is 14.1 Å². The summed E-state index contributed by atoms with van der Waals surface area (Å²) in [5.74, 6) is 2.10. The van der Waals surface area contributed by atoms with Gasteiger partial charge in [0.05, 0.1) is 29.0 Å². The summed E-state index contributed by atoms with van der Waals surface area (Å²) in [7, 11) is 1.51. The first-order valence-electron chi connectivity index (χ1n) is 9.17. The van der Waals surface area contributed by atoms with E-state index in [4.69, 9.17) is 4.42 Å². The van der Waals surface area contributed by atoms with Gasteiger partial charge in [-0.25, -0.2) is 0 Å². The summed E-state index contributed by atoms with van der Waals surface area (Å²) < 4.78 is 14.5. The molecule has 1 atom stereocenters. The van der Waals surface area contributed by atoms with E-state index in [9.17, 15) is 9.90 Å². The number of nitrogens with zero attached hydrogens (tertiary/aromatic N) is 2. The Morgan fingerprint density at radius 1 is 1.17 bits per heavy atom. The molecule has 0 radical (unpaired) electrons. The van der Waals surface area contributed by atoms with Gasteiger partial charge >= 0.3 is 0 Å². The SMILES string of the molecule is CNC(=O)c1cccc(Nc2nsnc2N[C@@H](c2ccc(C)o2)C(C)(C)C)c1O. The highest BCUT2D eigenvalue weighted by molar-refractivity contribution is 6.99. The predicted molar refractivity (Wildman–Crippen MR) is 114 cm³/mol.